The van der Waals surface area contributed by atoms with Crippen molar-refractivity contribution < 1.29 is 26.4 Å². The molecule has 5 nitrogen and oxygen atoms in total. The molecule has 0 aliphatic carbocycles. The number of anilines is 1. The number of rotatable bonds is 7. The lowest BCUT2D eigenvalue weighted by Crippen LogP contribution is -2.20. The van der Waals surface area contributed by atoms with Crippen molar-refractivity contribution in [2.24, 2.45) is 0 Å². The van der Waals surface area contributed by atoms with Crippen LogP contribution in [0.3, 0.4) is 0 Å². The molecule has 196 valence electrons. The molecule has 1 heterocycles. The number of nitrogens with zero attached hydrogens (tertiary/aromatic N) is 1. The number of nitrogens with one attached hydrogen (secondary N) is 1. The smallest absolute Gasteiger partial charge is 0.326 e. The summed E-state index contributed by atoms with van der Waals surface area (Å²) in [5.41, 5.74) is 3.50. The lowest BCUT2D eigenvalue weighted by atomic mass is 9.93. The van der Waals surface area contributed by atoms with Gasteiger partial charge in [-0.15, -0.1) is 0 Å². The molecule has 3 aromatic carbocycles. The first-order chi connectivity index (χ1) is 17.5. The summed E-state index contributed by atoms with van der Waals surface area (Å²) in [5, 5.41) is 2.85. The van der Waals surface area contributed by atoms with Gasteiger partial charge < -0.3 is 5.32 Å². The van der Waals surface area contributed by atoms with E-state index in [0.717, 1.165) is 53.9 Å². The van der Waals surface area contributed by atoms with E-state index < -0.39 is 21.6 Å². The SMILES string of the molecule is CCS(=O)(=O)c1ccc(-c2cc(C3CCN(Cc4ccc(C(F)(F)F)cc4)C3)ccc2NC(C)=O)cc1. The van der Waals surface area contributed by atoms with Crippen LogP contribution >= 0.6 is 0 Å². The fourth-order valence-corrected chi connectivity index (χ4v) is 5.55. The third-order valence-electron chi connectivity index (χ3n) is 6.69. The van der Waals surface area contributed by atoms with Crippen molar-refractivity contribution in [3.05, 3.63) is 83.4 Å². The average Bonchev–Trinajstić information content (AvgIpc) is 3.32. The minimum Gasteiger partial charge on any atom is -0.326 e. The van der Waals surface area contributed by atoms with E-state index in [4.69, 9.17) is 0 Å². The molecule has 3 aromatic rings. The molecule has 0 aromatic heterocycles. The van der Waals surface area contributed by atoms with E-state index in [1.54, 1.807) is 31.2 Å². The molecule has 0 bridgehead atoms. The van der Waals surface area contributed by atoms with Gasteiger partial charge in [-0.1, -0.05) is 37.3 Å². The minimum absolute atomic E-state index is 0.0175. The Labute approximate surface area is 215 Å². The molecule has 1 saturated heterocycles. The van der Waals surface area contributed by atoms with Gasteiger partial charge in [-0.2, -0.15) is 13.2 Å². The average molecular weight is 531 g/mol. The number of alkyl halides is 3. The number of carbonyl (C=O) groups is 1. The second-order valence-electron chi connectivity index (χ2n) is 9.33. The van der Waals surface area contributed by atoms with Crippen LogP contribution in [0, 0.1) is 0 Å². The number of hydrogen-bond donors (Lipinski definition) is 1. The molecule has 0 radical (unpaired) electrons. The highest BCUT2D eigenvalue weighted by Gasteiger charge is 2.30. The number of likely N-dealkylation sites (tertiary alicyclic amines) is 1. The standard InChI is InChI=1S/C28H29F3N2O3S/c1-3-37(35,36)25-11-6-21(7-12-25)26-16-22(8-13-27(26)32-19(2)34)23-14-15-33(18-23)17-20-4-9-24(10-5-20)28(29,30)31/h4-13,16,23H,3,14-15,17-18H2,1-2H3,(H,32,34). The Morgan fingerprint density at radius 2 is 1.70 bits per heavy atom. The van der Waals surface area contributed by atoms with E-state index in [1.165, 1.54) is 19.1 Å². The zero-order chi connectivity index (χ0) is 26.8. The van der Waals surface area contributed by atoms with Gasteiger partial charge in [0.05, 0.1) is 16.2 Å². The number of sulfone groups is 1. The van der Waals surface area contributed by atoms with Gasteiger partial charge >= 0.3 is 6.18 Å². The third kappa shape index (κ3) is 6.40. The summed E-state index contributed by atoms with van der Waals surface area (Å²) in [4.78, 5) is 14.3. The molecule has 1 amide bonds. The summed E-state index contributed by atoms with van der Waals surface area (Å²) in [5.74, 6) is 0.0333. The van der Waals surface area contributed by atoms with E-state index in [1.807, 2.05) is 18.2 Å². The van der Waals surface area contributed by atoms with Gasteiger partial charge in [0, 0.05) is 31.3 Å². The highest BCUT2D eigenvalue weighted by atomic mass is 32.2. The normalized spacial score (nSPS) is 16.6. The molecule has 4 rings (SSSR count). The summed E-state index contributed by atoms with van der Waals surface area (Å²) in [6, 6.07) is 17.8. The van der Waals surface area contributed by atoms with Crippen molar-refractivity contribution in [2.75, 3.05) is 24.2 Å². The van der Waals surface area contributed by atoms with Crippen LogP contribution < -0.4 is 5.32 Å². The fraction of sp³-hybridized carbons (Fsp3) is 0.321. The zero-order valence-corrected chi connectivity index (χ0v) is 21.5. The predicted molar refractivity (Wildman–Crippen MR) is 138 cm³/mol. The first kappa shape index (κ1) is 26.9. The van der Waals surface area contributed by atoms with Gasteiger partial charge in [0.1, 0.15) is 0 Å². The summed E-state index contributed by atoms with van der Waals surface area (Å²) < 4.78 is 62.9. The summed E-state index contributed by atoms with van der Waals surface area (Å²) in [6.07, 6.45) is -3.45. The molecule has 0 saturated carbocycles. The third-order valence-corrected chi connectivity index (χ3v) is 8.44. The Kier molecular flexibility index (Phi) is 7.75. The molecule has 1 N–H and O–H groups in total. The van der Waals surface area contributed by atoms with Crippen LogP contribution in [-0.4, -0.2) is 38.1 Å². The van der Waals surface area contributed by atoms with Crippen molar-refractivity contribution >= 4 is 21.4 Å². The van der Waals surface area contributed by atoms with Crippen molar-refractivity contribution in [1.29, 1.82) is 0 Å². The Hall–Kier alpha value is -3.17. The topological polar surface area (TPSA) is 66.5 Å². The molecule has 1 atom stereocenters. The maximum absolute atomic E-state index is 12.8. The van der Waals surface area contributed by atoms with Crippen LogP contribution in [0.4, 0.5) is 18.9 Å². The monoisotopic (exact) mass is 530 g/mol. The number of hydrogen-bond acceptors (Lipinski definition) is 4. The van der Waals surface area contributed by atoms with Crippen molar-refractivity contribution in [1.82, 2.24) is 4.90 Å². The molecule has 9 heteroatoms. The van der Waals surface area contributed by atoms with Gasteiger partial charge in [0.25, 0.3) is 0 Å². The second kappa shape index (κ2) is 10.7. The van der Waals surface area contributed by atoms with E-state index >= 15 is 0 Å². The zero-order valence-electron chi connectivity index (χ0n) is 20.7. The van der Waals surface area contributed by atoms with E-state index in [2.05, 4.69) is 10.2 Å². The quantitative estimate of drug-likeness (QED) is 0.400. The number of halogens is 3. The highest BCUT2D eigenvalue weighted by molar-refractivity contribution is 7.91. The van der Waals surface area contributed by atoms with E-state index in [0.29, 0.717) is 12.2 Å². The lowest BCUT2D eigenvalue weighted by Gasteiger charge is -2.18. The Balaban J connectivity index is 1.54. The molecular weight excluding hydrogens is 501 g/mol. The molecule has 0 spiro atoms. The van der Waals surface area contributed by atoms with Gasteiger partial charge in [0.2, 0.25) is 5.91 Å². The van der Waals surface area contributed by atoms with Gasteiger partial charge in [-0.25, -0.2) is 8.42 Å². The first-order valence-electron chi connectivity index (χ1n) is 12.1. The highest BCUT2D eigenvalue weighted by Crippen LogP contribution is 2.36. The van der Waals surface area contributed by atoms with E-state index in [-0.39, 0.29) is 22.5 Å². The summed E-state index contributed by atoms with van der Waals surface area (Å²) in [6.45, 7) is 5.18. The predicted octanol–water partition coefficient (Wildman–Crippen LogP) is 6.11. The first-order valence-corrected chi connectivity index (χ1v) is 13.7. The maximum atomic E-state index is 12.8. The van der Waals surface area contributed by atoms with Gasteiger partial charge in [0.15, 0.2) is 9.84 Å². The summed E-state index contributed by atoms with van der Waals surface area (Å²) in [7, 11) is -3.32. The van der Waals surface area contributed by atoms with Crippen molar-refractivity contribution in [2.45, 2.75) is 43.8 Å². The molecular formula is C28H29F3N2O3S. The van der Waals surface area contributed by atoms with Crippen molar-refractivity contribution in [3.63, 3.8) is 0 Å². The fourth-order valence-electron chi connectivity index (χ4n) is 4.67. The number of benzene rings is 3. The second-order valence-corrected chi connectivity index (χ2v) is 11.6. The van der Waals surface area contributed by atoms with Crippen LogP contribution in [0.15, 0.2) is 71.6 Å². The van der Waals surface area contributed by atoms with Crippen LogP contribution in [0.5, 0.6) is 0 Å². The van der Waals surface area contributed by atoms with Crippen LogP contribution in [0.25, 0.3) is 11.1 Å². The van der Waals surface area contributed by atoms with Gasteiger partial charge in [-0.3, -0.25) is 9.69 Å². The lowest BCUT2D eigenvalue weighted by molar-refractivity contribution is -0.137. The van der Waals surface area contributed by atoms with Gasteiger partial charge in [-0.05, 0) is 72.0 Å². The molecule has 1 unspecified atom stereocenters. The Bertz CT molecular complexity index is 1370. The Morgan fingerprint density at radius 1 is 1.03 bits per heavy atom. The number of carbonyl (C=O) groups excluding carboxylic acids is 1. The number of amides is 1. The van der Waals surface area contributed by atoms with Crippen LogP contribution in [0.2, 0.25) is 0 Å². The van der Waals surface area contributed by atoms with Crippen LogP contribution in [-0.2, 0) is 27.4 Å². The van der Waals surface area contributed by atoms with E-state index in [9.17, 15) is 26.4 Å². The van der Waals surface area contributed by atoms with Crippen LogP contribution in [0.1, 0.15) is 42.9 Å². The summed E-state index contributed by atoms with van der Waals surface area (Å²) >= 11 is 0. The maximum Gasteiger partial charge on any atom is 0.416 e. The minimum atomic E-state index is -4.34. The molecule has 1 aliphatic rings. The largest absolute Gasteiger partial charge is 0.416 e. The molecule has 37 heavy (non-hydrogen) atoms. The Morgan fingerprint density at radius 3 is 2.30 bits per heavy atom. The molecule has 1 fully saturated rings. The van der Waals surface area contributed by atoms with Crippen molar-refractivity contribution in [3.8, 4) is 11.1 Å². The molecule has 1 aliphatic heterocycles.